The summed E-state index contributed by atoms with van der Waals surface area (Å²) in [4.78, 5) is 16.2. The first-order chi connectivity index (χ1) is 13.7. The summed E-state index contributed by atoms with van der Waals surface area (Å²) in [5.74, 6) is 0.524. The number of benzene rings is 1. The van der Waals surface area contributed by atoms with E-state index in [1.807, 2.05) is 11.6 Å². The standard InChI is InChI=1S/C19H26F3N3O.CO2/c1-6-14-16(7-2)24-25(8-3)18(14)15-10-9-13(11-17(15)26-5)23-12(4)19(20,21)22;2-1-3/h9-12,23H,6-8H2,1-5H3;/t12-;/m1./s1. The lowest BCUT2D eigenvalue weighted by Gasteiger charge is -2.20. The lowest BCUT2D eigenvalue weighted by atomic mass is 10.0. The first-order valence-corrected chi connectivity index (χ1v) is 9.27. The van der Waals surface area contributed by atoms with E-state index in [1.54, 1.807) is 18.2 Å². The van der Waals surface area contributed by atoms with Gasteiger partial charge in [-0.15, -0.1) is 0 Å². The Morgan fingerprint density at radius 2 is 1.83 bits per heavy atom. The van der Waals surface area contributed by atoms with Crippen LogP contribution in [-0.2, 0) is 29.0 Å². The van der Waals surface area contributed by atoms with E-state index in [0.717, 1.165) is 42.3 Å². The van der Waals surface area contributed by atoms with Crippen LogP contribution in [0.2, 0.25) is 0 Å². The summed E-state index contributed by atoms with van der Waals surface area (Å²) in [6.07, 6.45) is -2.40. The Balaban J connectivity index is 0.00000132. The number of hydrogen-bond donors (Lipinski definition) is 1. The largest absolute Gasteiger partial charge is 0.496 e. The molecule has 0 bridgehead atoms. The number of methoxy groups -OCH3 is 1. The van der Waals surface area contributed by atoms with Crippen molar-refractivity contribution >= 4 is 11.8 Å². The highest BCUT2D eigenvalue weighted by atomic mass is 19.4. The Hall–Kier alpha value is -2.80. The average molecular weight is 413 g/mol. The summed E-state index contributed by atoms with van der Waals surface area (Å²) >= 11 is 0. The maximum atomic E-state index is 12.8. The molecule has 6 nitrogen and oxygen atoms in total. The maximum absolute atomic E-state index is 12.8. The smallest absolute Gasteiger partial charge is 0.408 e. The van der Waals surface area contributed by atoms with Crippen molar-refractivity contribution in [2.75, 3.05) is 12.4 Å². The molecule has 0 saturated heterocycles. The number of carbonyl (C=O) groups excluding carboxylic acids is 2. The van der Waals surface area contributed by atoms with Crippen LogP contribution in [0.15, 0.2) is 18.2 Å². The van der Waals surface area contributed by atoms with E-state index in [0.29, 0.717) is 18.0 Å². The van der Waals surface area contributed by atoms with Crippen LogP contribution in [0.5, 0.6) is 5.75 Å². The molecule has 0 aliphatic carbocycles. The minimum atomic E-state index is -4.31. The van der Waals surface area contributed by atoms with Crippen molar-refractivity contribution in [2.24, 2.45) is 0 Å². The number of aryl methyl sites for hydroxylation is 2. The first kappa shape index (κ1) is 24.2. The van der Waals surface area contributed by atoms with Gasteiger partial charge in [-0.3, -0.25) is 4.68 Å². The lowest BCUT2D eigenvalue weighted by Crippen LogP contribution is -2.33. The van der Waals surface area contributed by atoms with Crippen molar-refractivity contribution in [1.82, 2.24) is 9.78 Å². The first-order valence-electron chi connectivity index (χ1n) is 9.27. The summed E-state index contributed by atoms with van der Waals surface area (Å²) < 4.78 is 45.8. The third kappa shape index (κ3) is 5.84. The summed E-state index contributed by atoms with van der Waals surface area (Å²) in [6.45, 7) is 7.95. The Morgan fingerprint density at radius 1 is 1.21 bits per heavy atom. The molecule has 1 heterocycles. The van der Waals surface area contributed by atoms with Crippen LogP contribution < -0.4 is 10.1 Å². The fourth-order valence-electron chi connectivity index (χ4n) is 3.04. The molecule has 9 heteroatoms. The summed E-state index contributed by atoms with van der Waals surface area (Å²) in [5.41, 5.74) is 4.37. The van der Waals surface area contributed by atoms with Crippen molar-refractivity contribution in [2.45, 2.75) is 59.3 Å². The molecule has 0 fully saturated rings. The van der Waals surface area contributed by atoms with Crippen LogP contribution in [0.4, 0.5) is 18.9 Å². The second kappa shape index (κ2) is 10.7. The van der Waals surface area contributed by atoms with Crippen molar-refractivity contribution < 1.29 is 27.5 Å². The van der Waals surface area contributed by atoms with Crippen molar-refractivity contribution in [3.8, 4) is 17.0 Å². The molecule has 0 radical (unpaired) electrons. The molecule has 0 saturated carbocycles. The Morgan fingerprint density at radius 3 is 2.28 bits per heavy atom. The van der Waals surface area contributed by atoms with E-state index in [9.17, 15) is 13.2 Å². The number of alkyl halides is 3. The van der Waals surface area contributed by atoms with Gasteiger partial charge in [-0.1, -0.05) is 13.8 Å². The Labute approximate surface area is 168 Å². The zero-order valence-corrected chi connectivity index (χ0v) is 17.2. The average Bonchev–Trinajstić information content (AvgIpc) is 3.05. The van der Waals surface area contributed by atoms with E-state index < -0.39 is 12.2 Å². The molecule has 1 N–H and O–H groups in total. The number of rotatable bonds is 7. The van der Waals surface area contributed by atoms with Gasteiger partial charge in [0, 0.05) is 29.4 Å². The summed E-state index contributed by atoms with van der Waals surface area (Å²) in [5, 5.41) is 7.15. The number of hydrogen-bond acceptors (Lipinski definition) is 5. The van der Waals surface area contributed by atoms with Gasteiger partial charge in [0.05, 0.1) is 18.5 Å². The van der Waals surface area contributed by atoms with Gasteiger partial charge in [0.2, 0.25) is 0 Å². The van der Waals surface area contributed by atoms with Gasteiger partial charge in [0.15, 0.2) is 0 Å². The lowest BCUT2D eigenvalue weighted by molar-refractivity contribution is -0.191. The van der Waals surface area contributed by atoms with Gasteiger partial charge >= 0.3 is 12.3 Å². The number of nitrogens with one attached hydrogen (secondary N) is 1. The molecule has 0 unspecified atom stereocenters. The molecule has 0 amide bonds. The molecule has 1 aromatic carbocycles. The molecule has 29 heavy (non-hydrogen) atoms. The number of aromatic nitrogens is 2. The third-order valence-electron chi connectivity index (χ3n) is 4.45. The molecule has 0 spiro atoms. The van der Waals surface area contributed by atoms with Gasteiger partial charge in [-0.2, -0.15) is 27.9 Å². The predicted octanol–water partition coefficient (Wildman–Crippen LogP) is 4.48. The molecular formula is C20H26F3N3O3. The Kier molecular flexibility index (Phi) is 8.91. The van der Waals surface area contributed by atoms with Crippen molar-refractivity contribution in [3.05, 3.63) is 29.5 Å². The molecule has 1 atom stereocenters. The highest BCUT2D eigenvalue weighted by molar-refractivity contribution is 5.74. The molecule has 1 aromatic heterocycles. The number of ether oxygens (including phenoxy) is 1. The normalized spacial score (nSPS) is 11.9. The van der Waals surface area contributed by atoms with Gasteiger partial charge in [0.1, 0.15) is 11.8 Å². The highest BCUT2D eigenvalue weighted by Gasteiger charge is 2.36. The van der Waals surface area contributed by atoms with Crippen molar-refractivity contribution in [1.29, 1.82) is 0 Å². The van der Waals surface area contributed by atoms with Gasteiger partial charge in [-0.25, -0.2) is 0 Å². The fraction of sp³-hybridized carbons (Fsp3) is 0.500. The zero-order valence-electron chi connectivity index (χ0n) is 17.2. The molecule has 2 rings (SSSR count). The van der Waals surface area contributed by atoms with Gasteiger partial charge in [0.25, 0.3) is 0 Å². The monoisotopic (exact) mass is 413 g/mol. The summed E-state index contributed by atoms with van der Waals surface area (Å²) in [7, 11) is 1.52. The molecule has 160 valence electrons. The number of anilines is 1. The van der Waals surface area contributed by atoms with Crippen LogP contribution >= 0.6 is 0 Å². The second-order valence-electron chi connectivity index (χ2n) is 6.20. The van der Waals surface area contributed by atoms with E-state index >= 15 is 0 Å². The fourth-order valence-corrected chi connectivity index (χ4v) is 3.04. The number of halogens is 3. The molecular weight excluding hydrogens is 387 g/mol. The van der Waals surface area contributed by atoms with E-state index in [-0.39, 0.29) is 6.15 Å². The minimum absolute atomic E-state index is 0.250. The molecule has 2 aromatic rings. The van der Waals surface area contributed by atoms with Gasteiger partial charge in [-0.05, 0) is 38.8 Å². The van der Waals surface area contributed by atoms with Crippen LogP contribution in [0.3, 0.4) is 0 Å². The molecule has 0 aliphatic heterocycles. The number of nitrogens with zero attached hydrogens (tertiary/aromatic N) is 2. The highest BCUT2D eigenvalue weighted by Crippen LogP contribution is 2.37. The van der Waals surface area contributed by atoms with Crippen LogP contribution in [0.1, 0.15) is 39.0 Å². The SMILES string of the molecule is CCc1nn(CC)c(-c2ccc(N[C@H](C)C(F)(F)F)cc2OC)c1CC.O=C=O. The zero-order chi connectivity index (χ0) is 22.2. The summed E-state index contributed by atoms with van der Waals surface area (Å²) in [6, 6.07) is 3.41. The van der Waals surface area contributed by atoms with E-state index in [1.165, 1.54) is 7.11 Å². The predicted molar refractivity (Wildman–Crippen MR) is 103 cm³/mol. The van der Waals surface area contributed by atoms with Crippen LogP contribution in [0.25, 0.3) is 11.3 Å². The van der Waals surface area contributed by atoms with E-state index in [2.05, 4.69) is 24.3 Å². The van der Waals surface area contributed by atoms with Gasteiger partial charge < -0.3 is 10.1 Å². The second-order valence-corrected chi connectivity index (χ2v) is 6.20. The minimum Gasteiger partial charge on any atom is -0.496 e. The quantitative estimate of drug-likeness (QED) is 0.724. The van der Waals surface area contributed by atoms with E-state index in [4.69, 9.17) is 14.3 Å². The van der Waals surface area contributed by atoms with Crippen LogP contribution in [0, 0.1) is 0 Å². The molecule has 0 aliphatic rings. The third-order valence-corrected chi connectivity index (χ3v) is 4.45. The van der Waals surface area contributed by atoms with Crippen LogP contribution in [-0.4, -0.2) is 35.3 Å². The maximum Gasteiger partial charge on any atom is 0.408 e. The van der Waals surface area contributed by atoms with Crippen molar-refractivity contribution in [3.63, 3.8) is 0 Å². The topological polar surface area (TPSA) is 73.2 Å². The Bertz CT molecular complexity index is 841.